The third-order valence-corrected chi connectivity index (χ3v) is 20.2. The van der Waals surface area contributed by atoms with Crippen molar-refractivity contribution >= 4 is 39.5 Å². The average molecular weight is 1490 g/mol. The van der Waals surface area contributed by atoms with E-state index in [9.17, 15) is 43.2 Å². The van der Waals surface area contributed by atoms with Gasteiger partial charge in [-0.1, -0.05) is 340 Å². The minimum Gasteiger partial charge on any atom is -0.462 e. The van der Waals surface area contributed by atoms with E-state index >= 15 is 0 Å². The van der Waals surface area contributed by atoms with Gasteiger partial charge in [-0.3, -0.25) is 37.3 Å². The monoisotopic (exact) mass is 1490 g/mol. The number of ether oxygens (including phenoxy) is 4. The summed E-state index contributed by atoms with van der Waals surface area (Å²) in [7, 11) is -9.95. The maximum Gasteiger partial charge on any atom is 0.472 e. The van der Waals surface area contributed by atoms with Crippen LogP contribution in [0.4, 0.5) is 0 Å². The van der Waals surface area contributed by atoms with Gasteiger partial charge >= 0.3 is 39.5 Å². The van der Waals surface area contributed by atoms with Crippen LogP contribution in [-0.4, -0.2) is 96.7 Å². The molecular formula is C83H154O17P2. The zero-order valence-corrected chi connectivity index (χ0v) is 67.5. The van der Waals surface area contributed by atoms with E-state index in [0.29, 0.717) is 25.7 Å². The molecule has 0 heterocycles. The molecule has 0 radical (unpaired) electrons. The number of hydrogen-bond acceptors (Lipinski definition) is 15. The van der Waals surface area contributed by atoms with Gasteiger partial charge < -0.3 is 33.8 Å². The summed E-state index contributed by atoms with van der Waals surface area (Å²) in [6.45, 7) is 7.24. The van der Waals surface area contributed by atoms with E-state index in [1.807, 2.05) is 0 Å². The molecule has 0 amide bonds. The minimum atomic E-state index is -4.97. The molecule has 0 aromatic heterocycles. The Hall–Kier alpha value is -2.98. The van der Waals surface area contributed by atoms with Gasteiger partial charge in [-0.15, -0.1) is 0 Å². The molecule has 3 N–H and O–H groups in total. The smallest absolute Gasteiger partial charge is 0.462 e. The van der Waals surface area contributed by atoms with Crippen LogP contribution in [0.2, 0.25) is 0 Å². The molecule has 598 valence electrons. The summed E-state index contributed by atoms with van der Waals surface area (Å²) in [6, 6.07) is 0. The highest BCUT2D eigenvalue weighted by atomic mass is 31.2. The van der Waals surface area contributed by atoms with Crippen LogP contribution in [0, 0.1) is 5.92 Å². The van der Waals surface area contributed by atoms with Crippen LogP contribution in [0.3, 0.4) is 0 Å². The van der Waals surface area contributed by atoms with Gasteiger partial charge in [0, 0.05) is 25.7 Å². The standard InChI is InChI=1S/C83H154O17P2/c1-6-9-12-15-18-21-24-27-31-37-42-47-52-57-62-67-81(86)94-73-79(100-83(88)69-64-59-54-49-44-39-34-30-29-33-36-40-45-50-55-60-65-76(4)5)75-98-102(91,92)96-71-77(84)70-95-101(89,90)97-74-78(72-93-80(85)66-61-56-51-46-41-35-26-23-20-17-14-11-8-3)99-82(87)68-63-58-53-48-43-38-32-28-25-22-19-16-13-10-7-2/h21-22,24-25,27-28,31-32,76-79,84H,6-20,23,26,29-30,33-75H2,1-5H3,(H,89,90)(H,91,92)/b24-21-,25-22-,31-27-,32-28-/t77-,78+,79+/m0/s1. The third-order valence-electron chi connectivity index (χ3n) is 18.3. The van der Waals surface area contributed by atoms with Gasteiger partial charge in [0.15, 0.2) is 12.2 Å². The maximum atomic E-state index is 13.1. The van der Waals surface area contributed by atoms with Gasteiger partial charge in [0.2, 0.25) is 0 Å². The number of esters is 4. The van der Waals surface area contributed by atoms with Crippen molar-refractivity contribution in [3.05, 3.63) is 48.6 Å². The molecule has 17 nitrogen and oxygen atoms in total. The molecule has 0 fully saturated rings. The molecular weight excluding hydrogens is 1330 g/mol. The van der Waals surface area contributed by atoms with E-state index < -0.39 is 97.5 Å². The van der Waals surface area contributed by atoms with Gasteiger partial charge in [-0.2, -0.15) is 0 Å². The number of allylic oxidation sites excluding steroid dienone is 8. The zero-order chi connectivity index (χ0) is 74.8. The van der Waals surface area contributed by atoms with E-state index in [1.54, 1.807) is 0 Å². The number of rotatable bonds is 79. The lowest BCUT2D eigenvalue weighted by Crippen LogP contribution is -2.30. The number of hydrogen-bond donors (Lipinski definition) is 3. The number of unbranched alkanes of at least 4 members (excludes halogenated alkanes) is 45. The van der Waals surface area contributed by atoms with Gasteiger partial charge in [0.05, 0.1) is 26.4 Å². The maximum absolute atomic E-state index is 13.1. The number of carbonyl (C=O) groups is 4. The number of aliphatic hydroxyl groups excluding tert-OH is 1. The lowest BCUT2D eigenvalue weighted by atomic mass is 10.0. The second-order valence-electron chi connectivity index (χ2n) is 29.0. The Kier molecular flexibility index (Phi) is 72.7. The van der Waals surface area contributed by atoms with Gasteiger partial charge in [0.1, 0.15) is 19.3 Å². The first kappa shape index (κ1) is 99.0. The molecule has 0 saturated heterocycles. The molecule has 0 aliphatic heterocycles. The van der Waals surface area contributed by atoms with Crippen molar-refractivity contribution < 1.29 is 80.2 Å². The topological polar surface area (TPSA) is 237 Å². The molecule has 0 spiro atoms. The van der Waals surface area contributed by atoms with E-state index in [-0.39, 0.29) is 25.7 Å². The predicted octanol–water partition coefficient (Wildman–Crippen LogP) is 24.3. The van der Waals surface area contributed by atoms with Crippen molar-refractivity contribution in [2.24, 2.45) is 5.92 Å². The molecule has 2 unspecified atom stereocenters. The summed E-state index contributed by atoms with van der Waals surface area (Å²) in [5.74, 6) is -1.36. The van der Waals surface area contributed by atoms with Crippen LogP contribution in [0.1, 0.15) is 394 Å². The van der Waals surface area contributed by atoms with E-state index in [4.69, 9.17) is 37.0 Å². The Morgan fingerprint density at radius 2 is 0.529 bits per heavy atom. The molecule has 0 aliphatic rings. The molecule has 0 aliphatic carbocycles. The first-order chi connectivity index (χ1) is 49.5. The van der Waals surface area contributed by atoms with Crippen LogP contribution in [0.5, 0.6) is 0 Å². The number of phosphoric acid groups is 2. The third kappa shape index (κ3) is 75.3. The van der Waals surface area contributed by atoms with Crippen LogP contribution >= 0.6 is 15.6 Å². The van der Waals surface area contributed by atoms with Crippen LogP contribution in [-0.2, 0) is 65.4 Å². The Morgan fingerprint density at radius 1 is 0.304 bits per heavy atom. The van der Waals surface area contributed by atoms with Crippen LogP contribution in [0.15, 0.2) is 48.6 Å². The fourth-order valence-electron chi connectivity index (χ4n) is 11.9. The van der Waals surface area contributed by atoms with Crippen molar-refractivity contribution in [3.8, 4) is 0 Å². The predicted molar refractivity (Wildman–Crippen MR) is 418 cm³/mol. The number of carbonyl (C=O) groups excluding carboxylic acids is 4. The summed E-state index contributed by atoms with van der Waals surface area (Å²) < 4.78 is 68.7. The van der Waals surface area contributed by atoms with Crippen molar-refractivity contribution in [1.29, 1.82) is 0 Å². The summed E-state index contributed by atoms with van der Waals surface area (Å²) in [4.78, 5) is 73.1. The normalized spacial score (nSPS) is 14.1. The second kappa shape index (κ2) is 74.9. The van der Waals surface area contributed by atoms with E-state index in [2.05, 4.69) is 83.2 Å². The Bertz CT molecular complexity index is 2130. The Labute approximate surface area is 623 Å². The molecule has 102 heavy (non-hydrogen) atoms. The minimum absolute atomic E-state index is 0.0834. The second-order valence-corrected chi connectivity index (χ2v) is 31.9. The lowest BCUT2D eigenvalue weighted by molar-refractivity contribution is -0.161. The van der Waals surface area contributed by atoms with Crippen molar-refractivity contribution in [3.63, 3.8) is 0 Å². The molecule has 0 aromatic rings. The van der Waals surface area contributed by atoms with Gasteiger partial charge in [0.25, 0.3) is 0 Å². The zero-order valence-electron chi connectivity index (χ0n) is 65.7. The van der Waals surface area contributed by atoms with Crippen molar-refractivity contribution in [2.75, 3.05) is 39.6 Å². The lowest BCUT2D eigenvalue weighted by Gasteiger charge is -2.21. The molecule has 0 bridgehead atoms. The number of phosphoric ester groups is 2. The fourth-order valence-corrected chi connectivity index (χ4v) is 13.4. The van der Waals surface area contributed by atoms with Gasteiger partial charge in [-0.25, -0.2) is 9.13 Å². The first-order valence-corrected chi connectivity index (χ1v) is 44.8. The molecule has 0 saturated carbocycles. The highest BCUT2D eigenvalue weighted by Gasteiger charge is 2.30. The van der Waals surface area contributed by atoms with Crippen molar-refractivity contribution in [1.82, 2.24) is 0 Å². The Morgan fingerprint density at radius 3 is 0.804 bits per heavy atom. The highest BCUT2D eigenvalue weighted by Crippen LogP contribution is 2.45. The van der Waals surface area contributed by atoms with Crippen molar-refractivity contribution in [2.45, 2.75) is 412 Å². The summed E-state index contributed by atoms with van der Waals surface area (Å²) >= 11 is 0. The Balaban J connectivity index is 5.32. The summed E-state index contributed by atoms with van der Waals surface area (Å²) in [5, 5.41) is 10.6. The largest absolute Gasteiger partial charge is 0.472 e. The van der Waals surface area contributed by atoms with Gasteiger partial charge in [-0.05, 0) is 83.0 Å². The molecule has 0 aromatic carbocycles. The van der Waals surface area contributed by atoms with E-state index in [0.717, 1.165) is 128 Å². The van der Waals surface area contributed by atoms with E-state index in [1.165, 1.54) is 186 Å². The fraction of sp³-hybridized carbons (Fsp3) is 0.855. The SMILES string of the molecule is CCCCCC/C=C\C=C/CCCCCCCC(=O)OC[C@H](COP(=O)(O)OC[C@@H](O)COP(=O)(O)OC[C@@H](COC(=O)CCCCCCCCCCCCCCC)OC(=O)CCCCCCC/C=C\C=C/CCCCCC)OC(=O)CCCCCCCCCCCCCCCCCCC(C)C. The first-order valence-electron chi connectivity index (χ1n) is 41.8. The summed E-state index contributed by atoms with van der Waals surface area (Å²) in [6.07, 6.45) is 72.2. The molecule has 0 rings (SSSR count). The molecule has 19 heteroatoms. The molecule has 5 atom stereocenters. The van der Waals surface area contributed by atoms with Crippen LogP contribution in [0.25, 0.3) is 0 Å². The number of aliphatic hydroxyl groups is 1. The average Bonchev–Trinajstić information content (AvgIpc) is 0.915. The van der Waals surface area contributed by atoms with Crippen LogP contribution < -0.4 is 0 Å². The summed E-state index contributed by atoms with van der Waals surface area (Å²) in [5.41, 5.74) is 0. The highest BCUT2D eigenvalue weighted by molar-refractivity contribution is 7.47. The quantitative estimate of drug-likeness (QED) is 0.0169.